The third kappa shape index (κ3) is 3.43. The Hall–Kier alpha value is -5.08. The minimum Gasteiger partial charge on any atom is -0.309 e. The number of nitrogens with zero attached hydrogens (tertiary/aromatic N) is 2. The number of anilines is 5. The molecule has 0 saturated heterocycles. The summed E-state index contributed by atoms with van der Waals surface area (Å²) < 4.78 is 0. The van der Waals surface area contributed by atoms with Crippen molar-refractivity contribution in [2.45, 2.75) is 89.9 Å². The van der Waals surface area contributed by atoms with Gasteiger partial charge in [-0.05, 0) is 92.4 Å². The second kappa shape index (κ2) is 9.47. The van der Waals surface area contributed by atoms with E-state index < -0.39 is 0 Å². The van der Waals surface area contributed by atoms with E-state index in [1.807, 2.05) is 0 Å². The molecule has 0 atom stereocenters. The second-order valence-corrected chi connectivity index (χ2v) is 18.1. The summed E-state index contributed by atoms with van der Waals surface area (Å²) in [7, 11) is 0. The molecule has 6 aromatic rings. The van der Waals surface area contributed by atoms with Gasteiger partial charge >= 0.3 is 0 Å². The molecule has 0 N–H and O–H groups in total. The number of hydrogen-bond acceptors (Lipinski definition) is 2. The Morgan fingerprint density at radius 1 is 0.442 bits per heavy atom. The first-order chi connectivity index (χ1) is 24.8. The molecule has 11 rings (SSSR count). The minimum atomic E-state index is -0.153. The van der Waals surface area contributed by atoms with Crippen LogP contribution in [0.4, 0.5) is 28.4 Å². The molecule has 1 aliphatic carbocycles. The third-order valence-electron chi connectivity index (χ3n) is 14.1. The van der Waals surface area contributed by atoms with E-state index in [0.717, 1.165) is 12.8 Å². The molecule has 52 heavy (non-hydrogen) atoms. The number of rotatable bonds is 0. The molecule has 2 nitrogen and oxygen atoms in total. The van der Waals surface area contributed by atoms with Crippen molar-refractivity contribution < 1.29 is 0 Å². The van der Waals surface area contributed by atoms with E-state index in [1.54, 1.807) is 5.57 Å². The lowest BCUT2D eigenvalue weighted by atomic mass is 9.62. The topological polar surface area (TPSA) is 6.48 Å². The molecule has 2 heteroatoms. The Morgan fingerprint density at radius 3 is 1.56 bits per heavy atom. The fraction of sp³-hybridized carbons (Fsp3) is 0.280. The molecule has 6 aromatic carbocycles. The zero-order valence-corrected chi connectivity index (χ0v) is 31.7. The molecule has 4 aliphatic heterocycles. The largest absolute Gasteiger partial charge is 0.309 e. The number of benzene rings is 6. The van der Waals surface area contributed by atoms with Gasteiger partial charge in [0, 0.05) is 32.4 Å². The van der Waals surface area contributed by atoms with Crippen LogP contribution >= 0.6 is 0 Å². The quantitative estimate of drug-likeness (QED) is 0.148. The van der Waals surface area contributed by atoms with Gasteiger partial charge in [-0.15, -0.1) is 0 Å². The fourth-order valence-electron chi connectivity index (χ4n) is 11.2. The van der Waals surface area contributed by atoms with Gasteiger partial charge in [0.1, 0.15) is 0 Å². The van der Waals surface area contributed by atoms with Crippen LogP contribution < -0.4 is 9.80 Å². The van der Waals surface area contributed by atoms with Crippen molar-refractivity contribution in [3.05, 3.63) is 159 Å². The van der Waals surface area contributed by atoms with Crippen LogP contribution in [0.2, 0.25) is 0 Å². The summed E-state index contributed by atoms with van der Waals surface area (Å²) in [6.45, 7) is 19.4. The molecule has 0 aromatic heterocycles. The summed E-state index contributed by atoms with van der Waals surface area (Å²) in [5, 5.41) is 5.24. The number of allylic oxidation sites excluding steroid dienone is 3. The minimum absolute atomic E-state index is 0.0563. The number of fused-ring (bicyclic) bond motifs is 12. The van der Waals surface area contributed by atoms with E-state index in [2.05, 4.69) is 174 Å². The van der Waals surface area contributed by atoms with Crippen LogP contribution in [0.3, 0.4) is 0 Å². The fourth-order valence-corrected chi connectivity index (χ4v) is 11.2. The summed E-state index contributed by atoms with van der Waals surface area (Å²) in [5.74, 6) is 0. The Balaban J connectivity index is 1.23. The van der Waals surface area contributed by atoms with Crippen LogP contribution in [-0.2, 0) is 21.7 Å². The lowest BCUT2D eigenvalue weighted by molar-refractivity contribution is 0.533. The van der Waals surface area contributed by atoms with E-state index in [-0.39, 0.29) is 21.7 Å². The average molecular weight is 675 g/mol. The van der Waals surface area contributed by atoms with Gasteiger partial charge in [-0.1, -0.05) is 140 Å². The highest BCUT2D eigenvalue weighted by atomic mass is 15.2. The van der Waals surface area contributed by atoms with Gasteiger partial charge in [-0.25, -0.2) is 0 Å². The van der Waals surface area contributed by atoms with Gasteiger partial charge in [0.2, 0.25) is 0 Å². The van der Waals surface area contributed by atoms with Crippen molar-refractivity contribution >= 4 is 50.0 Å². The maximum absolute atomic E-state index is 2.67. The van der Waals surface area contributed by atoms with E-state index in [9.17, 15) is 0 Å². The van der Waals surface area contributed by atoms with Crippen LogP contribution in [0.1, 0.15) is 102 Å². The molecule has 256 valence electrons. The van der Waals surface area contributed by atoms with Crippen molar-refractivity contribution in [2.75, 3.05) is 9.80 Å². The molecule has 0 spiro atoms. The molecule has 0 bridgehead atoms. The standard InChI is InChI=1S/C50H46N2/c1-47(2)33-15-9-11-21-41(33)51-43-31-27-30-24-26-40-44(32(30)28-29(31)23-25-39(43)49(5,6)37-19-13-17-35(47)45(37)51)52-42-22-12-10-16-34(42)48(3,4)36-18-14-20-38(46(36)52)50(40,7)8/h9-13,15-19,21-28H,14,20H2,1-8H3. The Morgan fingerprint density at radius 2 is 0.923 bits per heavy atom. The van der Waals surface area contributed by atoms with E-state index in [4.69, 9.17) is 0 Å². The van der Waals surface area contributed by atoms with Gasteiger partial charge in [0.05, 0.1) is 34.1 Å². The van der Waals surface area contributed by atoms with Gasteiger partial charge in [-0.3, -0.25) is 0 Å². The summed E-state index contributed by atoms with van der Waals surface area (Å²) >= 11 is 0. The van der Waals surface area contributed by atoms with Crippen LogP contribution in [0.5, 0.6) is 0 Å². The Kier molecular flexibility index (Phi) is 5.56. The number of para-hydroxylation sites is 3. The highest BCUT2D eigenvalue weighted by Gasteiger charge is 2.49. The maximum Gasteiger partial charge on any atom is 0.0581 e. The Labute approximate surface area is 308 Å². The van der Waals surface area contributed by atoms with Crippen molar-refractivity contribution in [1.29, 1.82) is 0 Å². The second-order valence-electron chi connectivity index (χ2n) is 18.1. The SMILES string of the molecule is CC1(C)C2=CCCC3=C2N(c2ccccc21)c1c(ccc2cc4c5c(ccc4cc12)C(C)(C)c1cccc2c1N5c1ccccc1C2(C)C)C3(C)C. The van der Waals surface area contributed by atoms with Crippen LogP contribution in [0, 0.1) is 0 Å². The highest BCUT2D eigenvalue weighted by molar-refractivity contribution is 6.13. The average Bonchev–Trinajstić information content (AvgIpc) is 3.13. The van der Waals surface area contributed by atoms with Crippen molar-refractivity contribution in [3.63, 3.8) is 0 Å². The highest BCUT2D eigenvalue weighted by Crippen LogP contribution is 2.63. The van der Waals surface area contributed by atoms with Gasteiger partial charge in [0.15, 0.2) is 0 Å². The molecular formula is C50H46N2. The van der Waals surface area contributed by atoms with E-state index in [0.29, 0.717) is 0 Å². The van der Waals surface area contributed by atoms with Crippen LogP contribution in [0.15, 0.2) is 126 Å². The van der Waals surface area contributed by atoms with E-state index >= 15 is 0 Å². The first kappa shape index (κ1) is 30.5. The predicted molar refractivity (Wildman–Crippen MR) is 219 cm³/mol. The summed E-state index contributed by atoms with van der Waals surface area (Å²) in [4.78, 5) is 5.29. The molecular weight excluding hydrogens is 629 g/mol. The summed E-state index contributed by atoms with van der Waals surface area (Å²) in [5.41, 5.74) is 19.2. The molecule has 0 fully saturated rings. The summed E-state index contributed by atoms with van der Waals surface area (Å²) in [6.07, 6.45) is 4.75. The first-order valence-electron chi connectivity index (χ1n) is 19.3. The van der Waals surface area contributed by atoms with Crippen molar-refractivity contribution in [2.24, 2.45) is 0 Å². The predicted octanol–water partition coefficient (Wildman–Crippen LogP) is 13.4. The molecule has 0 unspecified atom stereocenters. The van der Waals surface area contributed by atoms with Crippen molar-refractivity contribution in [1.82, 2.24) is 0 Å². The molecule has 5 aliphatic rings. The van der Waals surface area contributed by atoms with Crippen LogP contribution in [-0.4, -0.2) is 0 Å². The Bertz CT molecular complexity index is 2680. The molecule has 0 radical (unpaired) electrons. The smallest absolute Gasteiger partial charge is 0.0581 e. The molecule has 0 saturated carbocycles. The van der Waals surface area contributed by atoms with Crippen LogP contribution in [0.25, 0.3) is 21.5 Å². The molecule has 0 amide bonds. The normalized spacial score (nSPS) is 20.3. The van der Waals surface area contributed by atoms with Gasteiger partial charge < -0.3 is 9.80 Å². The summed E-state index contributed by atoms with van der Waals surface area (Å²) in [6, 6.07) is 40.0. The monoisotopic (exact) mass is 674 g/mol. The van der Waals surface area contributed by atoms with Crippen molar-refractivity contribution in [3.8, 4) is 0 Å². The van der Waals surface area contributed by atoms with Gasteiger partial charge in [0.25, 0.3) is 0 Å². The lowest BCUT2D eigenvalue weighted by Crippen LogP contribution is -2.43. The molecule has 4 heterocycles. The number of hydrogen-bond donors (Lipinski definition) is 0. The zero-order valence-electron chi connectivity index (χ0n) is 31.7. The van der Waals surface area contributed by atoms with Gasteiger partial charge in [-0.2, -0.15) is 0 Å². The first-order valence-corrected chi connectivity index (χ1v) is 19.3. The van der Waals surface area contributed by atoms with E-state index in [1.165, 1.54) is 94.6 Å². The maximum atomic E-state index is 2.67. The third-order valence-corrected chi connectivity index (χ3v) is 14.1. The zero-order chi connectivity index (χ0) is 35.7. The lowest BCUT2D eigenvalue weighted by Gasteiger charge is -2.53.